The number of nitrogens with one attached hydrogen (secondary N) is 2. The van der Waals surface area contributed by atoms with Crippen LogP contribution in [-0.2, 0) is 0 Å². The molecular formula is C15H28N6. The lowest BCUT2D eigenvalue weighted by atomic mass is 10.0. The number of nitrogens with zero attached hydrogens (tertiary/aromatic N) is 4. The van der Waals surface area contributed by atoms with E-state index in [0.717, 1.165) is 32.0 Å². The molecule has 0 atom stereocenters. The summed E-state index contributed by atoms with van der Waals surface area (Å²) in [5.41, 5.74) is -0.0238. The average molecular weight is 292 g/mol. The summed E-state index contributed by atoms with van der Waals surface area (Å²) in [6.45, 7) is 11.4. The van der Waals surface area contributed by atoms with E-state index in [1.54, 1.807) is 0 Å². The van der Waals surface area contributed by atoms with Gasteiger partial charge in [-0.05, 0) is 46.5 Å². The summed E-state index contributed by atoms with van der Waals surface area (Å²) >= 11 is 0. The van der Waals surface area contributed by atoms with Gasteiger partial charge in [-0.25, -0.2) is 0 Å². The molecule has 1 fully saturated rings. The van der Waals surface area contributed by atoms with Crippen molar-refractivity contribution in [2.24, 2.45) is 0 Å². The molecule has 1 aliphatic rings. The fourth-order valence-corrected chi connectivity index (χ4v) is 2.28. The van der Waals surface area contributed by atoms with Crippen LogP contribution in [0.5, 0.6) is 0 Å². The number of anilines is 3. The zero-order valence-electron chi connectivity index (χ0n) is 13.7. The minimum atomic E-state index is -0.0238. The Labute approximate surface area is 127 Å². The number of hydrogen-bond acceptors (Lipinski definition) is 6. The fourth-order valence-electron chi connectivity index (χ4n) is 2.28. The summed E-state index contributed by atoms with van der Waals surface area (Å²) in [5.74, 6) is 2.10. The number of piperidine rings is 1. The van der Waals surface area contributed by atoms with Gasteiger partial charge in [-0.2, -0.15) is 15.0 Å². The average Bonchev–Trinajstić information content (AvgIpc) is 2.48. The minimum absolute atomic E-state index is 0.0238. The second kappa shape index (κ2) is 6.91. The van der Waals surface area contributed by atoms with Crippen LogP contribution < -0.4 is 15.5 Å². The van der Waals surface area contributed by atoms with Crippen molar-refractivity contribution in [3.8, 4) is 0 Å². The highest BCUT2D eigenvalue weighted by Crippen LogP contribution is 2.21. The van der Waals surface area contributed by atoms with Crippen molar-refractivity contribution in [3.05, 3.63) is 0 Å². The maximum absolute atomic E-state index is 4.63. The van der Waals surface area contributed by atoms with E-state index in [-0.39, 0.29) is 5.54 Å². The predicted molar refractivity (Wildman–Crippen MR) is 88.0 cm³/mol. The van der Waals surface area contributed by atoms with Crippen molar-refractivity contribution < 1.29 is 0 Å². The van der Waals surface area contributed by atoms with Gasteiger partial charge >= 0.3 is 0 Å². The molecule has 0 bridgehead atoms. The van der Waals surface area contributed by atoms with Gasteiger partial charge in [0.25, 0.3) is 0 Å². The molecule has 21 heavy (non-hydrogen) atoms. The Morgan fingerprint density at radius 3 is 2.29 bits per heavy atom. The molecule has 2 N–H and O–H groups in total. The fraction of sp³-hybridized carbons (Fsp3) is 0.800. The first kappa shape index (κ1) is 15.8. The van der Waals surface area contributed by atoms with Gasteiger partial charge in [-0.3, -0.25) is 0 Å². The molecule has 1 aliphatic heterocycles. The molecule has 0 aliphatic carbocycles. The molecule has 6 heteroatoms. The van der Waals surface area contributed by atoms with E-state index in [4.69, 9.17) is 0 Å². The first-order valence-corrected chi connectivity index (χ1v) is 8.07. The molecule has 2 heterocycles. The first-order valence-electron chi connectivity index (χ1n) is 8.07. The first-order chi connectivity index (χ1) is 10.0. The summed E-state index contributed by atoms with van der Waals surface area (Å²) in [4.78, 5) is 15.9. The van der Waals surface area contributed by atoms with Gasteiger partial charge in [0.2, 0.25) is 17.8 Å². The summed E-state index contributed by atoms with van der Waals surface area (Å²) in [7, 11) is 0. The van der Waals surface area contributed by atoms with Crippen molar-refractivity contribution >= 4 is 17.8 Å². The number of rotatable bonds is 6. The van der Waals surface area contributed by atoms with Crippen molar-refractivity contribution in [2.75, 3.05) is 35.2 Å². The van der Waals surface area contributed by atoms with Crippen molar-refractivity contribution in [1.29, 1.82) is 0 Å². The summed E-state index contributed by atoms with van der Waals surface area (Å²) < 4.78 is 0. The van der Waals surface area contributed by atoms with Crippen molar-refractivity contribution in [3.63, 3.8) is 0 Å². The Bertz CT molecular complexity index is 453. The third kappa shape index (κ3) is 4.44. The molecule has 0 amide bonds. The SMILES string of the molecule is CCNc1nc(NC(C)(C)CC)nc(N2CCCCC2)n1. The van der Waals surface area contributed by atoms with Crippen LogP contribution >= 0.6 is 0 Å². The Morgan fingerprint density at radius 2 is 1.67 bits per heavy atom. The van der Waals surface area contributed by atoms with Gasteiger partial charge < -0.3 is 15.5 Å². The van der Waals surface area contributed by atoms with Crippen LogP contribution in [0.3, 0.4) is 0 Å². The van der Waals surface area contributed by atoms with Gasteiger partial charge in [0.1, 0.15) is 0 Å². The standard InChI is InChI=1S/C15H28N6/c1-5-15(3,4)20-13-17-12(16-6-2)18-14(19-13)21-10-8-7-9-11-21/h5-11H2,1-4H3,(H2,16,17,18,19,20). The molecule has 0 radical (unpaired) electrons. The highest BCUT2D eigenvalue weighted by atomic mass is 15.3. The Balaban J connectivity index is 2.24. The minimum Gasteiger partial charge on any atom is -0.354 e. The van der Waals surface area contributed by atoms with Crippen LogP contribution in [0, 0.1) is 0 Å². The summed E-state index contributed by atoms with van der Waals surface area (Å²) in [6, 6.07) is 0. The Morgan fingerprint density at radius 1 is 1.00 bits per heavy atom. The van der Waals surface area contributed by atoms with E-state index in [2.05, 4.69) is 51.3 Å². The normalized spacial score (nSPS) is 15.9. The molecule has 6 nitrogen and oxygen atoms in total. The third-order valence-electron chi connectivity index (χ3n) is 3.93. The van der Waals surface area contributed by atoms with Gasteiger partial charge in [0.15, 0.2) is 0 Å². The molecule has 0 spiro atoms. The smallest absolute Gasteiger partial charge is 0.231 e. The van der Waals surface area contributed by atoms with E-state index in [0.29, 0.717) is 11.9 Å². The lowest BCUT2D eigenvalue weighted by Crippen LogP contribution is -2.34. The molecule has 2 rings (SSSR count). The molecule has 0 aromatic carbocycles. The Kier molecular flexibility index (Phi) is 5.20. The zero-order chi connectivity index (χ0) is 15.3. The molecule has 1 aromatic heterocycles. The van der Waals surface area contributed by atoms with Crippen LogP contribution in [0.2, 0.25) is 0 Å². The van der Waals surface area contributed by atoms with Gasteiger partial charge in [0.05, 0.1) is 0 Å². The second-order valence-electron chi connectivity index (χ2n) is 6.22. The largest absolute Gasteiger partial charge is 0.354 e. The van der Waals surface area contributed by atoms with Gasteiger partial charge in [-0.15, -0.1) is 0 Å². The van der Waals surface area contributed by atoms with Crippen LogP contribution in [0.15, 0.2) is 0 Å². The van der Waals surface area contributed by atoms with Gasteiger partial charge in [-0.1, -0.05) is 6.92 Å². The zero-order valence-corrected chi connectivity index (χ0v) is 13.7. The maximum atomic E-state index is 4.63. The summed E-state index contributed by atoms with van der Waals surface area (Å²) in [6.07, 6.45) is 4.74. The molecule has 0 unspecified atom stereocenters. The number of aromatic nitrogens is 3. The molecule has 118 valence electrons. The van der Waals surface area contributed by atoms with Crippen LogP contribution in [-0.4, -0.2) is 40.1 Å². The van der Waals surface area contributed by atoms with Crippen LogP contribution in [0.1, 0.15) is 53.4 Å². The van der Waals surface area contributed by atoms with E-state index in [1.807, 2.05) is 6.92 Å². The monoisotopic (exact) mass is 292 g/mol. The van der Waals surface area contributed by atoms with Crippen LogP contribution in [0.4, 0.5) is 17.8 Å². The van der Waals surface area contributed by atoms with Gasteiger partial charge in [0, 0.05) is 25.2 Å². The predicted octanol–water partition coefficient (Wildman–Crippen LogP) is 2.89. The second-order valence-corrected chi connectivity index (χ2v) is 6.22. The quantitative estimate of drug-likeness (QED) is 0.840. The third-order valence-corrected chi connectivity index (χ3v) is 3.93. The highest BCUT2D eigenvalue weighted by molar-refractivity contribution is 5.45. The molecule has 1 aromatic rings. The maximum Gasteiger partial charge on any atom is 0.231 e. The van der Waals surface area contributed by atoms with Crippen molar-refractivity contribution in [1.82, 2.24) is 15.0 Å². The van der Waals surface area contributed by atoms with E-state index >= 15 is 0 Å². The lowest BCUT2D eigenvalue weighted by Gasteiger charge is -2.28. The van der Waals surface area contributed by atoms with E-state index in [9.17, 15) is 0 Å². The molecule has 0 saturated carbocycles. The number of hydrogen-bond donors (Lipinski definition) is 2. The Hall–Kier alpha value is -1.59. The molecular weight excluding hydrogens is 264 g/mol. The topological polar surface area (TPSA) is 66.0 Å². The van der Waals surface area contributed by atoms with E-state index in [1.165, 1.54) is 19.3 Å². The van der Waals surface area contributed by atoms with E-state index < -0.39 is 0 Å². The summed E-state index contributed by atoms with van der Waals surface area (Å²) in [5, 5.41) is 6.62. The lowest BCUT2D eigenvalue weighted by molar-refractivity contribution is 0.539. The highest BCUT2D eigenvalue weighted by Gasteiger charge is 2.20. The van der Waals surface area contributed by atoms with Crippen LogP contribution in [0.25, 0.3) is 0 Å². The van der Waals surface area contributed by atoms with Crippen molar-refractivity contribution in [2.45, 2.75) is 58.9 Å². The molecule has 1 saturated heterocycles.